The molecule has 0 saturated heterocycles. The first-order chi connectivity index (χ1) is 14.1. The lowest BCUT2D eigenvalue weighted by atomic mass is 10.0. The Hall–Kier alpha value is -3.54. The maximum Gasteiger partial charge on any atom is 0.293 e. The number of fused-ring (bicyclic) bond motifs is 1. The van der Waals surface area contributed by atoms with Gasteiger partial charge in [0.05, 0.1) is 6.26 Å². The molecular formula is C23H22N2O4. The van der Waals surface area contributed by atoms with Gasteiger partial charge in [0.15, 0.2) is 12.4 Å². The summed E-state index contributed by atoms with van der Waals surface area (Å²) in [6.07, 6.45) is 3.20. The number of amides is 2. The van der Waals surface area contributed by atoms with Crippen LogP contribution in [0.15, 0.2) is 65.3 Å². The number of para-hydroxylation sites is 1. The van der Waals surface area contributed by atoms with Gasteiger partial charge in [0, 0.05) is 17.9 Å². The van der Waals surface area contributed by atoms with Gasteiger partial charge in [-0.2, -0.15) is 0 Å². The van der Waals surface area contributed by atoms with Crippen molar-refractivity contribution >= 4 is 23.2 Å². The van der Waals surface area contributed by atoms with Crippen molar-refractivity contribution < 1.29 is 18.7 Å². The molecule has 4 rings (SSSR count). The molecule has 1 aliphatic heterocycles. The van der Waals surface area contributed by atoms with Crippen molar-refractivity contribution in [1.29, 1.82) is 0 Å². The molecule has 29 heavy (non-hydrogen) atoms. The molecule has 2 aromatic carbocycles. The van der Waals surface area contributed by atoms with E-state index in [1.54, 1.807) is 23.1 Å². The van der Waals surface area contributed by atoms with E-state index in [1.807, 2.05) is 43.3 Å². The predicted molar refractivity (Wildman–Crippen MR) is 110 cm³/mol. The Labute approximate surface area is 169 Å². The van der Waals surface area contributed by atoms with Crippen molar-refractivity contribution in [3.8, 4) is 5.75 Å². The number of nitrogens with one attached hydrogen (secondary N) is 1. The van der Waals surface area contributed by atoms with Crippen LogP contribution in [-0.2, 0) is 11.2 Å². The minimum absolute atomic E-state index is 0.0644. The monoisotopic (exact) mass is 390 g/mol. The Balaban J connectivity index is 1.43. The topological polar surface area (TPSA) is 71.8 Å². The number of furan rings is 1. The Bertz CT molecular complexity index is 1030. The zero-order valence-corrected chi connectivity index (χ0v) is 16.2. The van der Waals surface area contributed by atoms with E-state index in [0.29, 0.717) is 23.7 Å². The summed E-state index contributed by atoms with van der Waals surface area (Å²) in [6, 6.07) is 16.5. The first kappa shape index (κ1) is 18.8. The number of hydrogen-bond acceptors (Lipinski definition) is 4. The van der Waals surface area contributed by atoms with E-state index in [4.69, 9.17) is 9.15 Å². The average Bonchev–Trinajstić information content (AvgIpc) is 3.27. The Morgan fingerprint density at radius 3 is 2.79 bits per heavy atom. The molecular weight excluding hydrogens is 368 g/mol. The second kappa shape index (κ2) is 8.22. The van der Waals surface area contributed by atoms with Gasteiger partial charge in [-0.25, -0.2) is 0 Å². The van der Waals surface area contributed by atoms with Gasteiger partial charge in [0.2, 0.25) is 0 Å². The van der Waals surface area contributed by atoms with Crippen LogP contribution < -0.4 is 15.0 Å². The summed E-state index contributed by atoms with van der Waals surface area (Å²) in [5.74, 6) is 0.635. The second-order valence-electron chi connectivity index (χ2n) is 6.98. The smallest absolute Gasteiger partial charge is 0.293 e. The summed E-state index contributed by atoms with van der Waals surface area (Å²) in [6.45, 7) is 2.51. The molecule has 148 valence electrons. The van der Waals surface area contributed by atoms with Gasteiger partial charge in [0.25, 0.3) is 11.8 Å². The van der Waals surface area contributed by atoms with Crippen molar-refractivity contribution in [3.63, 3.8) is 0 Å². The molecule has 1 aromatic heterocycles. The van der Waals surface area contributed by atoms with Crippen LogP contribution in [0.2, 0.25) is 0 Å². The SMILES string of the molecule is Cc1ccccc1OCC(=O)Nc1ccc2c(c1)CCCN2C(=O)c1ccco1. The molecule has 1 N–H and O–H groups in total. The number of anilines is 2. The molecule has 6 heteroatoms. The van der Waals surface area contributed by atoms with Gasteiger partial charge < -0.3 is 19.4 Å². The Morgan fingerprint density at radius 2 is 2.00 bits per heavy atom. The number of carbonyl (C=O) groups excluding carboxylic acids is 2. The number of carbonyl (C=O) groups is 2. The van der Waals surface area contributed by atoms with Crippen LogP contribution in [0.3, 0.4) is 0 Å². The summed E-state index contributed by atoms with van der Waals surface area (Å²) >= 11 is 0. The molecule has 0 saturated carbocycles. The average molecular weight is 390 g/mol. The van der Waals surface area contributed by atoms with E-state index in [2.05, 4.69) is 5.32 Å². The zero-order chi connectivity index (χ0) is 20.2. The molecule has 1 aliphatic rings. The van der Waals surface area contributed by atoms with Gasteiger partial charge in [-0.05, 0) is 67.3 Å². The standard InChI is InChI=1S/C23H22N2O4/c1-16-6-2-3-8-20(16)29-15-22(26)24-18-10-11-19-17(14-18)7-4-12-25(19)23(27)21-9-5-13-28-21/h2-3,5-6,8-11,13-14H,4,7,12,15H2,1H3,(H,24,26). The number of nitrogens with zero attached hydrogens (tertiary/aromatic N) is 1. The van der Waals surface area contributed by atoms with Crippen molar-refractivity contribution in [1.82, 2.24) is 0 Å². The molecule has 6 nitrogen and oxygen atoms in total. The lowest BCUT2D eigenvalue weighted by Gasteiger charge is -2.29. The molecule has 2 heterocycles. The molecule has 0 aliphatic carbocycles. The van der Waals surface area contributed by atoms with Crippen LogP contribution in [-0.4, -0.2) is 25.0 Å². The van der Waals surface area contributed by atoms with E-state index in [9.17, 15) is 9.59 Å². The lowest BCUT2D eigenvalue weighted by molar-refractivity contribution is -0.118. The first-order valence-electron chi connectivity index (χ1n) is 9.58. The predicted octanol–water partition coefficient (Wildman–Crippen LogP) is 4.20. The number of aryl methyl sites for hydroxylation is 2. The van der Waals surface area contributed by atoms with Gasteiger partial charge in [-0.3, -0.25) is 9.59 Å². The van der Waals surface area contributed by atoms with Crippen molar-refractivity contribution in [3.05, 3.63) is 77.7 Å². The quantitative estimate of drug-likeness (QED) is 0.709. The summed E-state index contributed by atoms with van der Waals surface area (Å²) in [5.41, 5.74) is 3.55. The van der Waals surface area contributed by atoms with Gasteiger partial charge in [-0.15, -0.1) is 0 Å². The van der Waals surface area contributed by atoms with Crippen molar-refractivity contribution in [2.45, 2.75) is 19.8 Å². The van der Waals surface area contributed by atoms with E-state index < -0.39 is 0 Å². The molecule has 0 radical (unpaired) electrons. The normalized spacial score (nSPS) is 12.9. The van der Waals surface area contributed by atoms with Crippen LogP contribution in [0, 0.1) is 6.92 Å². The third-order valence-electron chi connectivity index (χ3n) is 4.91. The van der Waals surface area contributed by atoms with E-state index in [0.717, 1.165) is 29.7 Å². The fourth-order valence-electron chi connectivity index (χ4n) is 3.48. The van der Waals surface area contributed by atoms with Crippen LogP contribution in [0.25, 0.3) is 0 Å². The maximum absolute atomic E-state index is 12.7. The highest BCUT2D eigenvalue weighted by Crippen LogP contribution is 2.31. The third kappa shape index (κ3) is 4.16. The zero-order valence-electron chi connectivity index (χ0n) is 16.2. The van der Waals surface area contributed by atoms with Crippen LogP contribution in [0.1, 0.15) is 28.1 Å². The summed E-state index contributed by atoms with van der Waals surface area (Å²) < 4.78 is 10.8. The summed E-state index contributed by atoms with van der Waals surface area (Å²) in [7, 11) is 0. The molecule has 0 unspecified atom stereocenters. The largest absolute Gasteiger partial charge is 0.483 e. The Morgan fingerprint density at radius 1 is 1.14 bits per heavy atom. The van der Waals surface area contributed by atoms with Crippen molar-refractivity contribution in [2.24, 2.45) is 0 Å². The molecule has 0 bridgehead atoms. The number of rotatable bonds is 5. The fourth-order valence-corrected chi connectivity index (χ4v) is 3.48. The highest BCUT2D eigenvalue weighted by molar-refractivity contribution is 6.05. The first-order valence-corrected chi connectivity index (χ1v) is 9.58. The van der Waals surface area contributed by atoms with Gasteiger partial charge in [0.1, 0.15) is 5.75 Å². The lowest BCUT2D eigenvalue weighted by Crippen LogP contribution is -2.35. The molecule has 0 spiro atoms. The Kier molecular flexibility index (Phi) is 5.33. The summed E-state index contributed by atoms with van der Waals surface area (Å²) in [4.78, 5) is 26.7. The second-order valence-corrected chi connectivity index (χ2v) is 6.98. The van der Waals surface area contributed by atoms with Gasteiger partial charge in [-0.1, -0.05) is 18.2 Å². The van der Waals surface area contributed by atoms with Crippen molar-refractivity contribution in [2.75, 3.05) is 23.4 Å². The highest BCUT2D eigenvalue weighted by Gasteiger charge is 2.25. The minimum atomic E-state index is -0.229. The minimum Gasteiger partial charge on any atom is -0.483 e. The van der Waals surface area contributed by atoms with Crippen LogP contribution in [0.4, 0.5) is 11.4 Å². The number of hydrogen-bond donors (Lipinski definition) is 1. The van der Waals surface area contributed by atoms with E-state index in [1.165, 1.54) is 6.26 Å². The molecule has 0 atom stereocenters. The van der Waals surface area contributed by atoms with Crippen LogP contribution >= 0.6 is 0 Å². The maximum atomic E-state index is 12.7. The molecule has 2 amide bonds. The molecule has 0 fully saturated rings. The van der Waals surface area contributed by atoms with Gasteiger partial charge >= 0.3 is 0 Å². The third-order valence-corrected chi connectivity index (χ3v) is 4.91. The van der Waals surface area contributed by atoms with E-state index >= 15 is 0 Å². The highest BCUT2D eigenvalue weighted by atomic mass is 16.5. The van der Waals surface area contributed by atoms with E-state index in [-0.39, 0.29) is 18.4 Å². The van der Waals surface area contributed by atoms with Crippen LogP contribution in [0.5, 0.6) is 5.75 Å². The number of benzene rings is 2. The summed E-state index contributed by atoms with van der Waals surface area (Å²) in [5, 5.41) is 2.87. The fraction of sp³-hybridized carbons (Fsp3) is 0.217. The number of ether oxygens (including phenoxy) is 1. The molecule has 3 aromatic rings.